The van der Waals surface area contributed by atoms with Crippen molar-refractivity contribution in [3.8, 4) is 0 Å². The maximum Gasteiger partial charge on any atom is 0.0858 e. The molecule has 1 aliphatic heterocycles. The van der Waals surface area contributed by atoms with Gasteiger partial charge in [0.1, 0.15) is 0 Å². The monoisotopic (exact) mass is 238 g/mol. The van der Waals surface area contributed by atoms with Crippen molar-refractivity contribution in [3.05, 3.63) is 11.9 Å². The largest absolute Gasteiger partial charge is 0.367 e. The van der Waals surface area contributed by atoms with Gasteiger partial charge in [0.05, 0.1) is 22.9 Å². The summed E-state index contributed by atoms with van der Waals surface area (Å²) in [5.41, 5.74) is 6.16. The van der Waals surface area contributed by atoms with Crippen LogP contribution < -0.4 is 5.73 Å². The molecular formula is C12H22N4O. The van der Waals surface area contributed by atoms with Crippen molar-refractivity contribution in [2.45, 2.75) is 57.8 Å². The molecule has 0 bridgehead atoms. The first-order valence-corrected chi connectivity index (χ1v) is 6.15. The molecule has 0 amide bonds. The summed E-state index contributed by atoms with van der Waals surface area (Å²) in [6.45, 7) is 9.06. The lowest BCUT2D eigenvalue weighted by Gasteiger charge is -2.26. The molecule has 0 radical (unpaired) electrons. The molecule has 96 valence electrons. The van der Waals surface area contributed by atoms with Crippen LogP contribution >= 0.6 is 0 Å². The molecule has 1 aromatic rings. The highest BCUT2D eigenvalue weighted by Crippen LogP contribution is 2.44. The fourth-order valence-corrected chi connectivity index (χ4v) is 2.67. The van der Waals surface area contributed by atoms with Gasteiger partial charge in [0.25, 0.3) is 0 Å². The van der Waals surface area contributed by atoms with Crippen LogP contribution in [0.1, 0.15) is 45.9 Å². The Morgan fingerprint density at radius 2 is 2.18 bits per heavy atom. The molecule has 1 saturated heterocycles. The van der Waals surface area contributed by atoms with Gasteiger partial charge in [-0.25, -0.2) is 4.68 Å². The Hall–Kier alpha value is -0.940. The first-order valence-electron chi connectivity index (χ1n) is 6.15. The van der Waals surface area contributed by atoms with Gasteiger partial charge in [-0.1, -0.05) is 5.21 Å². The molecule has 0 saturated carbocycles. The van der Waals surface area contributed by atoms with E-state index in [0.29, 0.717) is 6.54 Å². The first kappa shape index (κ1) is 12.5. The molecule has 5 nitrogen and oxygen atoms in total. The summed E-state index contributed by atoms with van der Waals surface area (Å²) >= 11 is 0. The average molecular weight is 238 g/mol. The third-order valence-corrected chi connectivity index (χ3v) is 3.30. The highest BCUT2D eigenvalue weighted by atomic mass is 16.5. The Morgan fingerprint density at radius 3 is 2.71 bits per heavy atom. The normalized spacial score (nSPS) is 26.3. The summed E-state index contributed by atoms with van der Waals surface area (Å²) in [5.74, 6) is 0. The third-order valence-electron chi connectivity index (χ3n) is 3.30. The Balaban J connectivity index is 2.21. The van der Waals surface area contributed by atoms with E-state index in [0.717, 1.165) is 18.5 Å². The van der Waals surface area contributed by atoms with Crippen molar-refractivity contribution in [2.24, 2.45) is 5.73 Å². The Bertz CT molecular complexity index is 397. The minimum Gasteiger partial charge on any atom is -0.367 e. The molecule has 1 unspecified atom stereocenters. The van der Waals surface area contributed by atoms with Crippen LogP contribution in [-0.2, 0) is 11.2 Å². The van der Waals surface area contributed by atoms with Gasteiger partial charge in [0.15, 0.2) is 0 Å². The lowest BCUT2D eigenvalue weighted by atomic mass is 9.95. The van der Waals surface area contributed by atoms with Crippen molar-refractivity contribution in [1.82, 2.24) is 15.0 Å². The number of nitrogens with zero attached hydrogens (tertiary/aromatic N) is 3. The Morgan fingerprint density at radius 1 is 1.47 bits per heavy atom. The van der Waals surface area contributed by atoms with Crippen molar-refractivity contribution < 1.29 is 4.74 Å². The van der Waals surface area contributed by atoms with Crippen LogP contribution in [0.15, 0.2) is 6.20 Å². The standard InChI is InChI=1S/C12H22N4O/c1-11(2)7-10(12(3,4)17-11)16-8-9(5-6-13)14-15-16/h8,10H,5-7,13H2,1-4H3. The van der Waals surface area contributed by atoms with E-state index in [1.165, 1.54) is 0 Å². The Labute approximate surface area is 102 Å². The van der Waals surface area contributed by atoms with Crippen LogP contribution in [0.5, 0.6) is 0 Å². The average Bonchev–Trinajstić information content (AvgIpc) is 2.68. The van der Waals surface area contributed by atoms with E-state index < -0.39 is 0 Å². The topological polar surface area (TPSA) is 66.0 Å². The lowest BCUT2D eigenvalue weighted by molar-refractivity contribution is -0.0738. The Kier molecular flexibility index (Phi) is 2.99. The molecule has 1 aromatic heterocycles. The molecule has 2 rings (SSSR count). The van der Waals surface area contributed by atoms with E-state index >= 15 is 0 Å². The molecule has 2 heterocycles. The van der Waals surface area contributed by atoms with Crippen molar-refractivity contribution in [1.29, 1.82) is 0 Å². The fraction of sp³-hybridized carbons (Fsp3) is 0.833. The highest BCUT2D eigenvalue weighted by Gasteiger charge is 2.47. The zero-order valence-corrected chi connectivity index (χ0v) is 11.1. The quantitative estimate of drug-likeness (QED) is 0.862. The molecule has 1 fully saturated rings. The van der Waals surface area contributed by atoms with Gasteiger partial charge in [0, 0.05) is 19.0 Å². The SMILES string of the molecule is CC1(C)CC(n2cc(CCN)nn2)C(C)(C)O1. The van der Waals surface area contributed by atoms with Gasteiger partial charge in [-0.15, -0.1) is 5.10 Å². The van der Waals surface area contributed by atoms with E-state index in [2.05, 4.69) is 38.0 Å². The summed E-state index contributed by atoms with van der Waals surface area (Å²) in [7, 11) is 0. The van der Waals surface area contributed by atoms with Crippen LogP contribution in [0, 0.1) is 0 Å². The number of hydrogen-bond acceptors (Lipinski definition) is 4. The molecule has 1 atom stereocenters. The number of aromatic nitrogens is 3. The summed E-state index contributed by atoms with van der Waals surface area (Å²) in [4.78, 5) is 0. The zero-order chi connectivity index (χ0) is 12.7. The first-order chi connectivity index (χ1) is 7.84. The minimum absolute atomic E-state index is 0.103. The van der Waals surface area contributed by atoms with Gasteiger partial charge in [-0.2, -0.15) is 0 Å². The summed E-state index contributed by atoms with van der Waals surface area (Å²) in [6, 6.07) is 0.233. The van der Waals surface area contributed by atoms with Gasteiger partial charge < -0.3 is 10.5 Å². The lowest BCUT2D eigenvalue weighted by Crippen LogP contribution is -2.31. The maximum atomic E-state index is 6.06. The maximum absolute atomic E-state index is 6.06. The molecule has 0 spiro atoms. The van der Waals surface area contributed by atoms with Crippen molar-refractivity contribution in [3.63, 3.8) is 0 Å². The van der Waals surface area contributed by atoms with E-state index in [1.807, 2.05) is 10.9 Å². The minimum atomic E-state index is -0.211. The van der Waals surface area contributed by atoms with E-state index in [1.54, 1.807) is 0 Å². The van der Waals surface area contributed by atoms with E-state index in [4.69, 9.17) is 10.5 Å². The number of nitrogens with two attached hydrogens (primary N) is 1. The number of ether oxygens (including phenoxy) is 1. The molecule has 17 heavy (non-hydrogen) atoms. The van der Waals surface area contributed by atoms with Gasteiger partial charge in [-0.05, 0) is 34.2 Å². The smallest absolute Gasteiger partial charge is 0.0858 e. The fourth-order valence-electron chi connectivity index (χ4n) is 2.67. The predicted molar refractivity (Wildman–Crippen MR) is 65.7 cm³/mol. The molecule has 0 aliphatic carbocycles. The van der Waals surface area contributed by atoms with Crippen LogP contribution in [0.3, 0.4) is 0 Å². The second-order valence-electron chi connectivity index (χ2n) is 5.91. The van der Waals surface area contributed by atoms with E-state index in [-0.39, 0.29) is 17.2 Å². The van der Waals surface area contributed by atoms with E-state index in [9.17, 15) is 0 Å². The van der Waals surface area contributed by atoms with Gasteiger partial charge in [0.2, 0.25) is 0 Å². The molecule has 2 N–H and O–H groups in total. The van der Waals surface area contributed by atoms with Crippen LogP contribution in [0.25, 0.3) is 0 Å². The zero-order valence-electron chi connectivity index (χ0n) is 11.1. The summed E-state index contributed by atoms with van der Waals surface area (Å²) < 4.78 is 7.99. The summed E-state index contributed by atoms with van der Waals surface area (Å²) in [6.07, 6.45) is 3.72. The number of rotatable bonds is 3. The highest BCUT2D eigenvalue weighted by molar-refractivity contribution is 5.01. The van der Waals surface area contributed by atoms with Crippen LogP contribution in [0.2, 0.25) is 0 Å². The molecule has 1 aliphatic rings. The van der Waals surface area contributed by atoms with Crippen LogP contribution in [0.4, 0.5) is 0 Å². The molecular weight excluding hydrogens is 216 g/mol. The number of hydrogen-bond donors (Lipinski definition) is 1. The van der Waals surface area contributed by atoms with Gasteiger partial charge >= 0.3 is 0 Å². The molecule has 0 aromatic carbocycles. The summed E-state index contributed by atoms with van der Waals surface area (Å²) in [5, 5.41) is 8.35. The van der Waals surface area contributed by atoms with Crippen LogP contribution in [-0.4, -0.2) is 32.7 Å². The molecule has 5 heteroatoms. The van der Waals surface area contributed by atoms with Crippen molar-refractivity contribution >= 4 is 0 Å². The van der Waals surface area contributed by atoms with Gasteiger partial charge in [-0.3, -0.25) is 0 Å². The second kappa shape index (κ2) is 4.07. The second-order valence-corrected chi connectivity index (χ2v) is 5.91. The van der Waals surface area contributed by atoms with Crippen molar-refractivity contribution in [2.75, 3.05) is 6.54 Å². The predicted octanol–water partition coefficient (Wildman–Crippen LogP) is 1.30. The third kappa shape index (κ3) is 2.50.